The number of benzene rings is 1. The second-order valence-corrected chi connectivity index (χ2v) is 15.1. The van der Waals surface area contributed by atoms with Gasteiger partial charge in [-0.05, 0) is 67.9 Å². The Kier molecular flexibility index (Phi) is 9.33. The van der Waals surface area contributed by atoms with Crippen molar-refractivity contribution >= 4 is 21.8 Å². The quantitative estimate of drug-likeness (QED) is 0.360. The van der Waals surface area contributed by atoms with E-state index >= 15 is 4.39 Å². The summed E-state index contributed by atoms with van der Waals surface area (Å²) in [4.78, 5) is 17.4. The molecule has 0 radical (unpaired) electrons. The molecule has 0 bridgehead atoms. The standard InChI is InChI=1S/C33H38F5N5O3S/c1-32(38)6-4-21(5-7-32)27(22-11-25(35)14-26(36)12-22)15-31(44)41-30-18-40-17-29(37)28(30)13-23-16-33(23)20-39-8-10-43(33)47(45,46)42-9-2-3-24(34)19-42/h4-6,11-12,14,17-18,23-24,27,39H,2-3,7-10,13,15-16,19-20H2,1H3,(H,41,44)/t23-,24?,27+,32?,33+/m1/s1. The lowest BCUT2D eigenvalue weighted by Gasteiger charge is -2.41. The number of alkyl halides is 2. The number of halogens is 5. The Hall–Kier alpha value is -3.20. The number of nitrogens with zero attached hydrogens (tertiary/aromatic N) is 3. The van der Waals surface area contributed by atoms with E-state index in [1.54, 1.807) is 6.08 Å². The van der Waals surface area contributed by atoms with Gasteiger partial charge in [0.15, 0.2) is 0 Å². The average molecular weight is 680 g/mol. The molecule has 3 heterocycles. The first-order valence-corrected chi connectivity index (χ1v) is 17.3. The molecule has 1 spiro atoms. The van der Waals surface area contributed by atoms with Crippen LogP contribution in [0.25, 0.3) is 0 Å². The third kappa shape index (κ3) is 7.15. The maximum Gasteiger partial charge on any atom is 0.282 e. The van der Waals surface area contributed by atoms with Gasteiger partial charge >= 0.3 is 0 Å². The van der Waals surface area contributed by atoms with Crippen LogP contribution in [0.5, 0.6) is 0 Å². The van der Waals surface area contributed by atoms with Gasteiger partial charge in [0.1, 0.15) is 29.3 Å². The fraction of sp³-hybridized carbons (Fsp3) is 0.515. The number of carbonyl (C=O) groups excluding carboxylic acids is 1. The van der Waals surface area contributed by atoms with Crippen LogP contribution in [0.2, 0.25) is 0 Å². The summed E-state index contributed by atoms with van der Waals surface area (Å²) in [6, 6.07) is 2.96. The predicted molar refractivity (Wildman–Crippen MR) is 167 cm³/mol. The molecule has 254 valence electrons. The first-order chi connectivity index (χ1) is 22.3. The number of pyridine rings is 1. The van der Waals surface area contributed by atoms with Gasteiger partial charge in [-0.3, -0.25) is 9.78 Å². The van der Waals surface area contributed by atoms with Crippen molar-refractivity contribution in [2.45, 2.75) is 68.7 Å². The molecule has 2 N–H and O–H groups in total. The van der Waals surface area contributed by atoms with Crippen LogP contribution in [0.15, 0.2) is 54.4 Å². The first-order valence-electron chi connectivity index (χ1n) is 15.9. The molecule has 2 unspecified atom stereocenters. The zero-order chi connectivity index (χ0) is 33.6. The molecule has 1 saturated carbocycles. The summed E-state index contributed by atoms with van der Waals surface area (Å²) in [5.74, 6) is -4.03. The van der Waals surface area contributed by atoms with Gasteiger partial charge in [0, 0.05) is 63.1 Å². The van der Waals surface area contributed by atoms with Crippen molar-refractivity contribution in [3.05, 3.63) is 83.0 Å². The number of allylic oxidation sites excluding steroid dienone is 4. The Labute approximate surface area is 271 Å². The number of hydrogen-bond acceptors (Lipinski definition) is 5. The van der Waals surface area contributed by atoms with Crippen molar-refractivity contribution in [2.24, 2.45) is 5.92 Å². The van der Waals surface area contributed by atoms with E-state index in [9.17, 15) is 30.8 Å². The molecule has 8 nitrogen and oxygen atoms in total. The van der Waals surface area contributed by atoms with E-state index in [0.29, 0.717) is 37.9 Å². The summed E-state index contributed by atoms with van der Waals surface area (Å²) in [5, 5.41) is 5.95. The van der Waals surface area contributed by atoms with Gasteiger partial charge in [-0.1, -0.05) is 12.2 Å². The van der Waals surface area contributed by atoms with E-state index < -0.39 is 56.9 Å². The highest BCUT2D eigenvalue weighted by molar-refractivity contribution is 7.86. The van der Waals surface area contributed by atoms with E-state index in [-0.39, 0.29) is 61.6 Å². The summed E-state index contributed by atoms with van der Waals surface area (Å²) in [6.45, 7) is 2.43. The highest BCUT2D eigenvalue weighted by atomic mass is 32.2. The highest BCUT2D eigenvalue weighted by Gasteiger charge is 2.63. The van der Waals surface area contributed by atoms with Crippen LogP contribution in [-0.2, 0) is 21.4 Å². The van der Waals surface area contributed by atoms with E-state index in [4.69, 9.17) is 0 Å². The summed E-state index contributed by atoms with van der Waals surface area (Å²) >= 11 is 0. The molecule has 14 heteroatoms. The van der Waals surface area contributed by atoms with Crippen molar-refractivity contribution in [3.63, 3.8) is 0 Å². The van der Waals surface area contributed by atoms with E-state index in [1.165, 1.54) is 33.9 Å². The van der Waals surface area contributed by atoms with Gasteiger partial charge in [0.2, 0.25) is 5.91 Å². The van der Waals surface area contributed by atoms with E-state index in [0.717, 1.165) is 24.4 Å². The minimum absolute atomic E-state index is 0.0174. The molecule has 2 aromatic rings. The van der Waals surface area contributed by atoms with Crippen molar-refractivity contribution < 1.29 is 35.2 Å². The molecular weight excluding hydrogens is 641 g/mol. The number of hydrogen-bond donors (Lipinski definition) is 2. The monoisotopic (exact) mass is 679 g/mol. The zero-order valence-electron chi connectivity index (χ0n) is 26.0. The van der Waals surface area contributed by atoms with Crippen LogP contribution in [0, 0.1) is 23.4 Å². The van der Waals surface area contributed by atoms with Crippen LogP contribution in [0.1, 0.15) is 56.1 Å². The summed E-state index contributed by atoms with van der Waals surface area (Å²) in [5.41, 5.74) is -1.48. The van der Waals surface area contributed by atoms with E-state index in [2.05, 4.69) is 15.6 Å². The van der Waals surface area contributed by atoms with Crippen LogP contribution in [0.3, 0.4) is 0 Å². The summed E-state index contributed by atoms with van der Waals surface area (Å²) in [6.07, 6.45) is 6.58. The number of rotatable bonds is 9. The molecule has 2 saturated heterocycles. The van der Waals surface area contributed by atoms with Gasteiger partial charge in [0.05, 0.1) is 23.6 Å². The molecule has 47 heavy (non-hydrogen) atoms. The fourth-order valence-corrected chi connectivity index (χ4v) is 9.19. The number of piperazine rings is 1. The molecule has 1 amide bonds. The Balaban J connectivity index is 1.21. The lowest BCUT2D eigenvalue weighted by Crippen LogP contribution is -2.61. The number of amides is 1. The Bertz CT molecular complexity index is 1680. The average Bonchev–Trinajstić information content (AvgIpc) is 3.68. The summed E-state index contributed by atoms with van der Waals surface area (Å²) < 4.78 is 102. The van der Waals surface area contributed by atoms with Crippen LogP contribution < -0.4 is 10.6 Å². The largest absolute Gasteiger partial charge is 0.324 e. The molecular formula is C33H38F5N5O3S. The Morgan fingerprint density at radius 3 is 2.64 bits per heavy atom. The van der Waals surface area contributed by atoms with Crippen LogP contribution in [0.4, 0.5) is 27.6 Å². The molecule has 3 fully saturated rings. The molecule has 5 atom stereocenters. The van der Waals surface area contributed by atoms with Crippen molar-refractivity contribution in [2.75, 3.05) is 38.0 Å². The van der Waals surface area contributed by atoms with Crippen LogP contribution in [-0.4, -0.2) is 78.0 Å². The van der Waals surface area contributed by atoms with E-state index in [1.807, 2.05) is 0 Å². The molecule has 1 aromatic heterocycles. The number of carbonyl (C=O) groups is 1. The molecule has 2 aliphatic carbocycles. The molecule has 6 rings (SSSR count). The lowest BCUT2D eigenvalue weighted by atomic mass is 9.83. The van der Waals surface area contributed by atoms with Gasteiger partial charge in [-0.15, -0.1) is 0 Å². The summed E-state index contributed by atoms with van der Waals surface area (Å²) in [7, 11) is -3.97. The minimum Gasteiger partial charge on any atom is -0.324 e. The first kappa shape index (κ1) is 33.7. The number of nitrogens with one attached hydrogen (secondary N) is 2. The number of anilines is 1. The smallest absolute Gasteiger partial charge is 0.282 e. The highest BCUT2D eigenvalue weighted by Crippen LogP contribution is 2.53. The fourth-order valence-electron chi connectivity index (χ4n) is 7.13. The van der Waals surface area contributed by atoms with Crippen LogP contribution >= 0.6 is 0 Å². The Morgan fingerprint density at radius 2 is 1.94 bits per heavy atom. The topological polar surface area (TPSA) is 94.6 Å². The maximum atomic E-state index is 15.3. The second-order valence-electron chi connectivity index (χ2n) is 13.2. The third-order valence-electron chi connectivity index (χ3n) is 9.72. The van der Waals surface area contributed by atoms with Gasteiger partial charge in [-0.25, -0.2) is 22.0 Å². The predicted octanol–water partition coefficient (Wildman–Crippen LogP) is 5.11. The molecule has 2 aliphatic heterocycles. The van der Waals surface area contributed by atoms with Crippen molar-refractivity contribution in [1.82, 2.24) is 18.9 Å². The van der Waals surface area contributed by atoms with Gasteiger partial charge < -0.3 is 10.6 Å². The maximum absolute atomic E-state index is 15.3. The SMILES string of the molecule is CC1(F)C=CC([C@H](CC(=O)Nc2cncc(F)c2C[C@@H]2C[C@]23CNCCN3S(=O)(=O)N2CCCC(F)C2)c2cc(F)cc(F)c2)=CC1. The Morgan fingerprint density at radius 1 is 1.17 bits per heavy atom. The number of piperidine rings is 1. The molecule has 4 aliphatic rings. The lowest BCUT2D eigenvalue weighted by molar-refractivity contribution is -0.116. The second kappa shape index (κ2) is 13.0. The third-order valence-corrected chi connectivity index (χ3v) is 11.8. The van der Waals surface area contributed by atoms with Crippen molar-refractivity contribution in [3.8, 4) is 0 Å². The van der Waals surface area contributed by atoms with Gasteiger partial charge in [-0.2, -0.15) is 17.0 Å². The number of aromatic nitrogens is 1. The minimum atomic E-state index is -3.97. The zero-order valence-corrected chi connectivity index (χ0v) is 26.8. The van der Waals surface area contributed by atoms with Crippen molar-refractivity contribution in [1.29, 1.82) is 0 Å². The van der Waals surface area contributed by atoms with Gasteiger partial charge in [0.25, 0.3) is 10.2 Å². The normalized spacial score (nSPS) is 29.0. The molecule has 1 aromatic carbocycles.